The van der Waals surface area contributed by atoms with Gasteiger partial charge in [-0.3, -0.25) is 0 Å². The van der Waals surface area contributed by atoms with Crippen molar-refractivity contribution < 1.29 is 0 Å². The second kappa shape index (κ2) is 4.45. The Hall–Kier alpha value is -0.830. The molecule has 0 aromatic carbocycles. The first-order valence-corrected chi connectivity index (χ1v) is 7.03. The molecule has 94 valence electrons. The molecule has 1 aliphatic carbocycles. The largest absolute Gasteiger partial charge is 0.328 e. The number of hydrogen-bond acceptors (Lipinski definition) is 2. The van der Waals surface area contributed by atoms with Crippen molar-refractivity contribution in [2.24, 2.45) is 0 Å². The molecule has 0 unspecified atom stereocenters. The van der Waals surface area contributed by atoms with Crippen LogP contribution in [0.2, 0.25) is 0 Å². The van der Waals surface area contributed by atoms with Gasteiger partial charge in [-0.05, 0) is 45.7 Å². The summed E-state index contributed by atoms with van der Waals surface area (Å²) in [5.74, 6) is 0.719. The van der Waals surface area contributed by atoms with Gasteiger partial charge in [0.05, 0.1) is 6.33 Å². The quantitative estimate of drug-likeness (QED) is 0.851. The first-order valence-electron chi connectivity index (χ1n) is 7.03. The Labute approximate surface area is 104 Å². The molecule has 1 saturated carbocycles. The van der Waals surface area contributed by atoms with E-state index in [0.717, 1.165) is 19.0 Å². The van der Waals surface area contributed by atoms with E-state index in [9.17, 15) is 0 Å². The number of piperidine rings is 1. The molecule has 3 nitrogen and oxygen atoms in total. The molecule has 2 heterocycles. The average molecular weight is 233 g/mol. The third-order valence-electron chi connectivity index (χ3n) is 4.69. The SMILES string of the molecule is CC1(n2cncc2C2CCNCC2)CCCC1. The van der Waals surface area contributed by atoms with Crippen LogP contribution in [0, 0.1) is 0 Å². The van der Waals surface area contributed by atoms with Crippen LogP contribution in [0.15, 0.2) is 12.5 Å². The summed E-state index contributed by atoms with van der Waals surface area (Å²) in [6.07, 6.45) is 12.1. The minimum absolute atomic E-state index is 0.344. The third-order valence-corrected chi connectivity index (χ3v) is 4.69. The Morgan fingerprint density at radius 1 is 1.29 bits per heavy atom. The maximum Gasteiger partial charge on any atom is 0.0953 e. The van der Waals surface area contributed by atoms with Crippen LogP contribution in [-0.4, -0.2) is 22.6 Å². The van der Waals surface area contributed by atoms with Gasteiger partial charge in [0.1, 0.15) is 0 Å². The molecule has 0 atom stereocenters. The predicted octanol–water partition coefficient (Wildman–Crippen LogP) is 2.64. The molecule has 2 fully saturated rings. The van der Waals surface area contributed by atoms with Crippen molar-refractivity contribution in [1.29, 1.82) is 0 Å². The van der Waals surface area contributed by atoms with Gasteiger partial charge in [0.2, 0.25) is 0 Å². The topological polar surface area (TPSA) is 29.9 Å². The molecular formula is C14H23N3. The lowest BCUT2D eigenvalue weighted by atomic mass is 9.92. The molecule has 0 spiro atoms. The highest BCUT2D eigenvalue weighted by molar-refractivity contribution is 5.12. The van der Waals surface area contributed by atoms with Gasteiger partial charge in [-0.15, -0.1) is 0 Å². The Morgan fingerprint density at radius 3 is 2.71 bits per heavy atom. The highest BCUT2D eigenvalue weighted by Crippen LogP contribution is 2.39. The molecule has 3 heteroatoms. The number of aromatic nitrogens is 2. The molecule has 0 radical (unpaired) electrons. The maximum absolute atomic E-state index is 4.43. The van der Waals surface area contributed by atoms with Gasteiger partial charge in [-0.25, -0.2) is 4.98 Å². The summed E-state index contributed by atoms with van der Waals surface area (Å²) >= 11 is 0. The number of hydrogen-bond donors (Lipinski definition) is 1. The van der Waals surface area contributed by atoms with Gasteiger partial charge < -0.3 is 9.88 Å². The molecule has 17 heavy (non-hydrogen) atoms. The molecule has 1 aliphatic heterocycles. The molecule has 0 bridgehead atoms. The van der Waals surface area contributed by atoms with E-state index in [1.165, 1.54) is 44.2 Å². The molecule has 1 saturated heterocycles. The van der Waals surface area contributed by atoms with Crippen LogP contribution in [0.4, 0.5) is 0 Å². The van der Waals surface area contributed by atoms with Crippen LogP contribution in [0.3, 0.4) is 0 Å². The second-order valence-electron chi connectivity index (χ2n) is 5.92. The first kappa shape index (κ1) is 11.3. The Balaban J connectivity index is 1.87. The molecule has 2 aliphatic rings. The molecule has 1 aromatic heterocycles. The van der Waals surface area contributed by atoms with E-state index in [4.69, 9.17) is 0 Å². The Kier molecular flexibility index (Phi) is 2.95. The zero-order valence-electron chi connectivity index (χ0n) is 10.8. The second-order valence-corrected chi connectivity index (χ2v) is 5.92. The first-order chi connectivity index (χ1) is 8.30. The van der Waals surface area contributed by atoms with Gasteiger partial charge in [-0.2, -0.15) is 0 Å². The number of nitrogens with zero attached hydrogens (tertiary/aromatic N) is 2. The van der Waals surface area contributed by atoms with Crippen molar-refractivity contribution in [1.82, 2.24) is 14.9 Å². The summed E-state index contributed by atoms with van der Waals surface area (Å²) in [5.41, 5.74) is 1.83. The summed E-state index contributed by atoms with van der Waals surface area (Å²) in [7, 11) is 0. The van der Waals surface area contributed by atoms with Crippen LogP contribution >= 0.6 is 0 Å². The highest BCUT2D eigenvalue weighted by Gasteiger charge is 2.33. The fourth-order valence-electron chi connectivity index (χ4n) is 3.55. The van der Waals surface area contributed by atoms with Crippen molar-refractivity contribution >= 4 is 0 Å². The van der Waals surface area contributed by atoms with Crippen LogP contribution in [-0.2, 0) is 5.54 Å². The normalized spacial score (nSPS) is 25.2. The van der Waals surface area contributed by atoms with E-state index in [1.54, 1.807) is 0 Å². The molecule has 3 rings (SSSR count). The predicted molar refractivity (Wildman–Crippen MR) is 69.2 cm³/mol. The van der Waals surface area contributed by atoms with Crippen molar-refractivity contribution in [3.63, 3.8) is 0 Å². The summed E-state index contributed by atoms with van der Waals surface area (Å²) in [6, 6.07) is 0. The molecule has 1 aromatic rings. The lowest BCUT2D eigenvalue weighted by molar-refractivity contribution is 0.305. The van der Waals surface area contributed by atoms with Crippen molar-refractivity contribution in [3.8, 4) is 0 Å². The summed E-state index contributed by atoms with van der Waals surface area (Å²) in [4.78, 5) is 4.43. The van der Waals surface area contributed by atoms with Crippen LogP contribution in [0.1, 0.15) is 57.1 Å². The Morgan fingerprint density at radius 2 is 2.00 bits per heavy atom. The lowest BCUT2D eigenvalue weighted by Gasteiger charge is -2.32. The molecule has 0 amide bonds. The summed E-state index contributed by atoms with van der Waals surface area (Å²) in [6.45, 7) is 4.73. The van der Waals surface area contributed by atoms with Crippen molar-refractivity contribution in [3.05, 3.63) is 18.2 Å². The fraction of sp³-hybridized carbons (Fsp3) is 0.786. The van der Waals surface area contributed by atoms with Crippen LogP contribution in [0.5, 0.6) is 0 Å². The van der Waals surface area contributed by atoms with E-state index < -0.39 is 0 Å². The average Bonchev–Trinajstić information content (AvgIpc) is 2.99. The maximum atomic E-state index is 4.43. The Bertz CT molecular complexity index is 371. The van der Waals surface area contributed by atoms with E-state index in [1.807, 2.05) is 0 Å². The minimum atomic E-state index is 0.344. The zero-order valence-corrected chi connectivity index (χ0v) is 10.8. The van der Waals surface area contributed by atoms with E-state index in [-0.39, 0.29) is 0 Å². The van der Waals surface area contributed by atoms with Crippen LogP contribution < -0.4 is 5.32 Å². The van der Waals surface area contributed by atoms with Crippen molar-refractivity contribution in [2.75, 3.05) is 13.1 Å². The highest BCUT2D eigenvalue weighted by atomic mass is 15.1. The lowest BCUT2D eigenvalue weighted by Crippen LogP contribution is -2.32. The number of rotatable bonds is 2. The van der Waals surface area contributed by atoms with E-state index >= 15 is 0 Å². The van der Waals surface area contributed by atoms with Gasteiger partial charge in [-0.1, -0.05) is 12.8 Å². The molecule has 1 N–H and O–H groups in total. The number of nitrogens with one attached hydrogen (secondary N) is 1. The monoisotopic (exact) mass is 233 g/mol. The number of imidazole rings is 1. The van der Waals surface area contributed by atoms with Gasteiger partial charge >= 0.3 is 0 Å². The smallest absolute Gasteiger partial charge is 0.0953 e. The van der Waals surface area contributed by atoms with Crippen molar-refractivity contribution in [2.45, 2.75) is 56.9 Å². The summed E-state index contributed by atoms with van der Waals surface area (Å²) in [5, 5.41) is 3.45. The standard InChI is InChI=1S/C14H23N3/c1-14(6-2-3-7-14)17-11-16-10-13(17)12-4-8-15-9-5-12/h10-12,15H,2-9H2,1H3. The zero-order chi connectivity index (χ0) is 11.7. The van der Waals surface area contributed by atoms with E-state index in [2.05, 4.69) is 34.3 Å². The van der Waals surface area contributed by atoms with Gasteiger partial charge in [0.15, 0.2) is 0 Å². The fourth-order valence-corrected chi connectivity index (χ4v) is 3.55. The van der Waals surface area contributed by atoms with Crippen LogP contribution in [0.25, 0.3) is 0 Å². The van der Waals surface area contributed by atoms with Gasteiger partial charge in [0.25, 0.3) is 0 Å². The van der Waals surface area contributed by atoms with Gasteiger partial charge in [0, 0.05) is 23.3 Å². The molecular weight excluding hydrogens is 210 g/mol. The minimum Gasteiger partial charge on any atom is -0.328 e. The van der Waals surface area contributed by atoms with E-state index in [0.29, 0.717) is 5.54 Å². The summed E-state index contributed by atoms with van der Waals surface area (Å²) < 4.78 is 2.50. The third kappa shape index (κ3) is 2.01.